The Morgan fingerprint density at radius 2 is 1.29 bits per heavy atom. The second kappa shape index (κ2) is 30.5. The fraction of sp³-hybridized carbons (Fsp3) is 0.300. The SMILES string of the molecule is CCCCCC(C(=O)NCNC(=O)c1ccc(-c2ccc(C(=O)N[C@@H](CC(=O)OCc3ccccc3)C(=O)OCc3ccccc3)c(OCC(=O)OCc3ccccc3)c2)o1)[C@@H](CC)N(C=O)OC(=O)c1ccc(OC)cc1C. The Bertz CT molecular complexity index is 3000. The smallest absolute Gasteiger partial charge is 0.363 e. The van der Waals surface area contributed by atoms with Crippen LogP contribution < -0.4 is 25.4 Å². The number of amides is 4. The second-order valence-electron chi connectivity index (χ2n) is 18.1. The molecule has 0 spiro atoms. The zero-order valence-electron chi connectivity index (χ0n) is 44.4. The molecule has 6 aromatic rings. The van der Waals surface area contributed by atoms with Crippen LogP contribution in [0.25, 0.3) is 11.3 Å². The van der Waals surface area contributed by atoms with Crippen LogP contribution in [0.2, 0.25) is 0 Å². The molecule has 19 heteroatoms. The number of aryl methyl sites for hydroxylation is 1. The van der Waals surface area contributed by atoms with Gasteiger partial charge in [0.2, 0.25) is 12.3 Å². The van der Waals surface area contributed by atoms with Gasteiger partial charge in [-0.2, -0.15) is 5.06 Å². The van der Waals surface area contributed by atoms with E-state index in [4.69, 9.17) is 32.9 Å². The van der Waals surface area contributed by atoms with Gasteiger partial charge in [-0.05, 0) is 84.5 Å². The highest BCUT2D eigenvalue weighted by atomic mass is 16.7. The summed E-state index contributed by atoms with van der Waals surface area (Å²) in [4.78, 5) is 113. The summed E-state index contributed by atoms with van der Waals surface area (Å²) in [6.07, 6.45) is 2.69. The van der Waals surface area contributed by atoms with Gasteiger partial charge in [-0.3, -0.25) is 24.0 Å². The van der Waals surface area contributed by atoms with Gasteiger partial charge in [0, 0.05) is 5.56 Å². The van der Waals surface area contributed by atoms with Crippen molar-refractivity contribution in [3.63, 3.8) is 0 Å². The van der Waals surface area contributed by atoms with Crippen LogP contribution in [0.3, 0.4) is 0 Å². The molecule has 19 nitrogen and oxygen atoms in total. The van der Waals surface area contributed by atoms with Crippen molar-refractivity contribution < 1.29 is 71.3 Å². The minimum atomic E-state index is -1.52. The Morgan fingerprint density at radius 1 is 0.671 bits per heavy atom. The molecule has 0 fully saturated rings. The molecule has 0 bridgehead atoms. The van der Waals surface area contributed by atoms with E-state index in [1.165, 1.54) is 43.5 Å². The summed E-state index contributed by atoms with van der Waals surface area (Å²) in [5.74, 6) is -5.81. The Balaban J connectivity index is 1.16. The van der Waals surface area contributed by atoms with Crippen LogP contribution in [0.5, 0.6) is 11.5 Å². The number of rotatable bonds is 30. The molecule has 0 saturated carbocycles. The molecular formula is C60H64N4O15. The van der Waals surface area contributed by atoms with Crippen LogP contribution in [0.1, 0.15) is 106 Å². The number of nitrogens with zero attached hydrogens (tertiary/aromatic N) is 1. The summed E-state index contributed by atoms with van der Waals surface area (Å²) in [7, 11) is 1.50. The maximum atomic E-state index is 14.2. The number of methoxy groups -OCH3 is 1. The first-order chi connectivity index (χ1) is 38.3. The first-order valence-corrected chi connectivity index (χ1v) is 25.7. The summed E-state index contributed by atoms with van der Waals surface area (Å²) >= 11 is 0. The largest absolute Gasteiger partial charge is 0.497 e. The third-order valence-corrected chi connectivity index (χ3v) is 12.5. The molecule has 5 aromatic carbocycles. The number of unbranched alkanes of at least 4 members (excludes halogenated alkanes) is 2. The lowest BCUT2D eigenvalue weighted by Gasteiger charge is -2.32. The fourth-order valence-electron chi connectivity index (χ4n) is 8.22. The predicted octanol–water partition coefficient (Wildman–Crippen LogP) is 8.37. The van der Waals surface area contributed by atoms with Crippen LogP contribution in [0.15, 0.2) is 144 Å². The second-order valence-corrected chi connectivity index (χ2v) is 18.1. The normalized spacial score (nSPS) is 11.8. The number of hydroxylamine groups is 2. The van der Waals surface area contributed by atoms with Gasteiger partial charge in [0.15, 0.2) is 12.4 Å². The number of carbonyl (C=O) groups is 8. The number of furan rings is 1. The lowest BCUT2D eigenvalue weighted by Crippen LogP contribution is -2.49. The standard InChI is InChI=1S/C60H64N4O15/c1-5-7-11-24-47(50(6-2)64(39-65)79-59(71)46-28-26-45(73-4)31-40(46)3)56(68)61-38-62-58(70)52-30-29-51(78-52)44-25-27-48(53(32-44)74-37-55(67)76-35-42-20-14-9-15-21-42)57(69)63-49(60(72)77-36-43-22-16-10-17-23-43)33-54(66)75-34-41-18-12-8-13-19-41/h8-10,12-23,25-32,39,47,49-50H,5-7,11,24,33-38H2,1-4H3,(H,61,68)(H,62,70)(H,63,69)/t47?,49-,50+/m0/s1. The highest BCUT2D eigenvalue weighted by Gasteiger charge is 2.34. The molecule has 0 aliphatic heterocycles. The minimum absolute atomic E-state index is 0.0506. The molecule has 414 valence electrons. The van der Waals surface area contributed by atoms with Gasteiger partial charge in [-0.25, -0.2) is 14.4 Å². The number of esters is 3. The van der Waals surface area contributed by atoms with Crippen molar-refractivity contribution in [1.82, 2.24) is 21.0 Å². The third kappa shape index (κ3) is 17.9. The Morgan fingerprint density at radius 3 is 1.89 bits per heavy atom. The maximum Gasteiger partial charge on any atom is 0.363 e. The van der Waals surface area contributed by atoms with Gasteiger partial charge in [0.05, 0.1) is 43.3 Å². The molecule has 0 aliphatic carbocycles. The van der Waals surface area contributed by atoms with E-state index in [0.717, 1.165) is 23.5 Å². The molecule has 0 radical (unpaired) electrons. The van der Waals surface area contributed by atoms with E-state index in [9.17, 15) is 38.4 Å². The van der Waals surface area contributed by atoms with Crippen LogP contribution in [-0.2, 0) is 62.8 Å². The fourth-order valence-corrected chi connectivity index (χ4v) is 8.22. The number of benzene rings is 5. The van der Waals surface area contributed by atoms with Crippen molar-refractivity contribution in [2.24, 2.45) is 5.92 Å². The van der Waals surface area contributed by atoms with E-state index in [0.29, 0.717) is 47.3 Å². The molecule has 1 unspecified atom stereocenters. The van der Waals surface area contributed by atoms with Gasteiger partial charge in [0.1, 0.15) is 43.1 Å². The van der Waals surface area contributed by atoms with Crippen molar-refractivity contribution in [3.8, 4) is 22.8 Å². The quantitative estimate of drug-likeness (QED) is 0.00958. The zero-order valence-corrected chi connectivity index (χ0v) is 44.4. The van der Waals surface area contributed by atoms with Crippen LogP contribution in [0.4, 0.5) is 0 Å². The van der Waals surface area contributed by atoms with Crippen molar-refractivity contribution in [2.75, 3.05) is 20.4 Å². The molecule has 1 aromatic heterocycles. The number of hydrogen-bond donors (Lipinski definition) is 3. The van der Waals surface area contributed by atoms with E-state index in [1.54, 1.807) is 105 Å². The highest BCUT2D eigenvalue weighted by molar-refractivity contribution is 6.00. The van der Waals surface area contributed by atoms with E-state index in [1.807, 2.05) is 19.1 Å². The molecule has 0 saturated heterocycles. The average Bonchev–Trinajstić information content (AvgIpc) is 3.98. The Labute approximate surface area is 457 Å². The van der Waals surface area contributed by atoms with Crippen LogP contribution >= 0.6 is 0 Å². The number of carbonyl (C=O) groups excluding carboxylic acids is 8. The topological polar surface area (TPSA) is 244 Å². The maximum absolute atomic E-state index is 14.2. The summed E-state index contributed by atoms with van der Waals surface area (Å²) in [6.45, 7) is 4.20. The lowest BCUT2D eigenvalue weighted by atomic mass is 9.90. The third-order valence-electron chi connectivity index (χ3n) is 12.5. The van der Waals surface area contributed by atoms with Crippen LogP contribution in [0, 0.1) is 12.8 Å². The van der Waals surface area contributed by atoms with Crippen LogP contribution in [-0.4, -0.2) is 85.5 Å². The van der Waals surface area contributed by atoms with E-state index < -0.39 is 72.6 Å². The number of nitrogens with one attached hydrogen (secondary N) is 3. The Hall–Kier alpha value is -9.26. The summed E-state index contributed by atoms with van der Waals surface area (Å²) in [5, 5.41) is 8.77. The van der Waals surface area contributed by atoms with Gasteiger partial charge in [-0.1, -0.05) is 130 Å². The first-order valence-electron chi connectivity index (χ1n) is 25.7. The molecule has 79 heavy (non-hydrogen) atoms. The van der Waals surface area contributed by atoms with E-state index in [2.05, 4.69) is 16.0 Å². The van der Waals surface area contributed by atoms with Crippen molar-refractivity contribution in [3.05, 3.63) is 179 Å². The minimum Gasteiger partial charge on any atom is -0.497 e. The van der Waals surface area contributed by atoms with Gasteiger partial charge >= 0.3 is 23.9 Å². The van der Waals surface area contributed by atoms with E-state index >= 15 is 0 Å². The Kier molecular flexibility index (Phi) is 22.8. The monoisotopic (exact) mass is 1080 g/mol. The summed E-state index contributed by atoms with van der Waals surface area (Å²) in [5.41, 5.74) is 3.01. The first kappa shape index (κ1) is 59.0. The predicted molar refractivity (Wildman–Crippen MR) is 287 cm³/mol. The lowest BCUT2D eigenvalue weighted by molar-refractivity contribution is -0.171. The summed E-state index contributed by atoms with van der Waals surface area (Å²) < 4.78 is 33.5. The highest BCUT2D eigenvalue weighted by Crippen LogP contribution is 2.30. The molecule has 3 N–H and O–H groups in total. The van der Waals surface area contributed by atoms with Crippen molar-refractivity contribution in [2.45, 2.75) is 91.2 Å². The van der Waals surface area contributed by atoms with Gasteiger partial charge < -0.3 is 48.9 Å². The molecule has 4 amide bonds. The van der Waals surface area contributed by atoms with Gasteiger partial charge in [0.25, 0.3) is 11.8 Å². The van der Waals surface area contributed by atoms with Crippen molar-refractivity contribution in [1.29, 1.82) is 0 Å². The number of hydrogen-bond acceptors (Lipinski definition) is 15. The summed E-state index contributed by atoms with van der Waals surface area (Å²) in [6, 6.07) is 36.2. The molecule has 1 heterocycles. The number of ether oxygens (including phenoxy) is 5. The zero-order chi connectivity index (χ0) is 56.5. The van der Waals surface area contributed by atoms with Gasteiger partial charge in [-0.15, -0.1) is 0 Å². The van der Waals surface area contributed by atoms with Crippen molar-refractivity contribution >= 4 is 48.0 Å². The molecule has 3 atom stereocenters. The molecule has 6 rings (SSSR count). The average molecular weight is 1080 g/mol. The van der Waals surface area contributed by atoms with E-state index in [-0.39, 0.29) is 61.3 Å². The molecular weight excluding hydrogens is 1020 g/mol. The molecule has 0 aliphatic rings.